The van der Waals surface area contributed by atoms with Crippen molar-refractivity contribution in [2.24, 2.45) is 0 Å². The number of carbonyl (C=O) groups is 2. The van der Waals surface area contributed by atoms with Gasteiger partial charge in [-0.05, 0) is 37.5 Å². The molecule has 8 nitrogen and oxygen atoms in total. The number of nitrogens with zero attached hydrogens (tertiary/aromatic N) is 5. The molecule has 1 unspecified atom stereocenters. The van der Waals surface area contributed by atoms with Gasteiger partial charge in [0, 0.05) is 51.7 Å². The molecule has 1 aliphatic heterocycles. The molecule has 190 valence electrons. The zero-order valence-corrected chi connectivity index (χ0v) is 21.2. The van der Waals surface area contributed by atoms with Crippen LogP contribution in [0.3, 0.4) is 0 Å². The summed E-state index contributed by atoms with van der Waals surface area (Å²) in [6.45, 7) is 7.71. The summed E-state index contributed by atoms with van der Waals surface area (Å²) in [5.74, 6) is 0.0423. The van der Waals surface area contributed by atoms with Crippen molar-refractivity contribution in [3.63, 3.8) is 0 Å². The van der Waals surface area contributed by atoms with Gasteiger partial charge in [0.15, 0.2) is 0 Å². The van der Waals surface area contributed by atoms with Gasteiger partial charge >= 0.3 is 0 Å². The van der Waals surface area contributed by atoms with Crippen LogP contribution < -0.4 is 0 Å². The zero-order valence-electron chi connectivity index (χ0n) is 21.2. The van der Waals surface area contributed by atoms with E-state index in [2.05, 4.69) is 27.0 Å². The summed E-state index contributed by atoms with van der Waals surface area (Å²) >= 11 is 0. The second kappa shape index (κ2) is 12.6. The van der Waals surface area contributed by atoms with Gasteiger partial charge in [-0.1, -0.05) is 42.5 Å². The number of hydrogen-bond donors (Lipinski definition) is 0. The highest BCUT2D eigenvalue weighted by Gasteiger charge is 2.29. The summed E-state index contributed by atoms with van der Waals surface area (Å²) < 4.78 is 6.14. The molecule has 0 bridgehead atoms. The molecule has 0 saturated carbocycles. The molecule has 0 radical (unpaired) electrons. The van der Waals surface area contributed by atoms with E-state index >= 15 is 0 Å². The topological polar surface area (TPSA) is 78.9 Å². The van der Waals surface area contributed by atoms with E-state index in [4.69, 9.17) is 4.74 Å². The number of carbonyl (C=O) groups excluding carboxylic acids is 2. The van der Waals surface area contributed by atoms with E-state index in [9.17, 15) is 9.59 Å². The molecule has 1 fully saturated rings. The molecular formula is C28H35N5O3. The highest BCUT2D eigenvalue weighted by molar-refractivity contribution is 5.80. The molecule has 3 aromatic rings. The molecule has 36 heavy (non-hydrogen) atoms. The molecule has 0 spiro atoms. The van der Waals surface area contributed by atoms with E-state index in [1.807, 2.05) is 55.1 Å². The lowest BCUT2D eigenvalue weighted by molar-refractivity contribution is -0.138. The van der Waals surface area contributed by atoms with Gasteiger partial charge in [-0.15, -0.1) is 0 Å². The SMILES string of the molecule is CCN(CC)C(=O)COC1CN(Cc2cccc3nccnc23)CC(=O)N(CCc2ccccc2)C1. The van der Waals surface area contributed by atoms with Crippen molar-refractivity contribution >= 4 is 22.8 Å². The molecule has 0 aliphatic carbocycles. The number of ether oxygens (including phenoxy) is 1. The molecule has 1 atom stereocenters. The van der Waals surface area contributed by atoms with Gasteiger partial charge in [0.2, 0.25) is 11.8 Å². The lowest BCUT2D eigenvalue weighted by Gasteiger charge is -2.26. The van der Waals surface area contributed by atoms with Crippen LogP contribution in [0.5, 0.6) is 0 Å². The summed E-state index contributed by atoms with van der Waals surface area (Å²) in [6, 6.07) is 16.1. The fourth-order valence-corrected chi connectivity index (χ4v) is 4.68. The number of para-hydroxylation sites is 1. The molecule has 2 aromatic carbocycles. The first kappa shape index (κ1) is 25.7. The first-order valence-electron chi connectivity index (χ1n) is 12.7. The highest BCUT2D eigenvalue weighted by atomic mass is 16.5. The molecule has 2 amide bonds. The van der Waals surface area contributed by atoms with Crippen LogP contribution in [0.1, 0.15) is 25.0 Å². The Morgan fingerprint density at radius 2 is 1.81 bits per heavy atom. The third kappa shape index (κ3) is 6.65. The van der Waals surface area contributed by atoms with Gasteiger partial charge in [-0.2, -0.15) is 0 Å². The van der Waals surface area contributed by atoms with E-state index in [0.717, 1.165) is 23.0 Å². The Kier molecular flexibility index (Phi) is 8.97. The molecular weight excluding hydrogens is 454 g/mol. The summed E-state index contributed by atoms with van der Waals surface area (Å²) in [6.07, 6.45) is 3.88. The van der Waals surface area contributed by atoms with E-state index in [-0.39, 0.29) is 31.1 Å². The van der Waals surface area contributed by atoms with Crippen LogP contribution in [0, 0.1) is 0 Å². The fourth-order valence-electron chi connectivity index (χ4n) is 4.68. The van der Waals surface area contributed by atoms with E-state index in [1.165, 1.54) is 5.56 Å². The average Bonchev–Trinajstić information content (AvgIpc) is 3.05. The maximum absolute atomic E-state index is 13.3. The van der Waals surface area contributed by atoms with Crippen molar-refractivity contribution in [1.29, 1.82) is 0 Å². The molecule has 8 heteroatoms. The van der Waals surface area contributed by atoms with Crippen LogP contribution in [-0.2, 0) is 27.3 Å². The average molecular weight is 490 g/mol. The zero-order chi connectivity index (χ0) is 25.3. The number of fused-ring (bicyclic) bond motifs is 1. The smallest absolute Gasteiger partial charge is 0.248 e. The first-order chi connectivity index (χ1) is 17.6. The molecule has 4 rings (SSSR count). The van der Waals surface area contributed by atoms with Crippen molar-refractivity contribution in [2.45, 2.75) is 32.9 Å². The van der Waals surface area contributed by atoms with Gasteiger partial charge < -0.3 is 14.5 Å². The van der Waals surface area contributed by atoms with Crippen molar-refractivity contribution < 1.29 is 14.3 Å². The summed E-state index contributed by atoms with van der Waals surface area (Å²) in [7, 11) is 0. The molecule has 1 saturated heterocycles. The Bertz CT molecular complexity index is 1150. The van der Waals surface area contributed by atoms with Gasteiger partial charge in [-0.25, -0.2) is 0 Å². The van der Waals surface area contributed by atoms with Crippen LogP contribution >= 0.6 is 0 Å². The standard InChI is InChI=1S/C28H35N5O3/c1-3-32(4-2)27(35)21-36-24-18-31(17-23-11-8-12-25-28(23)30-15-14-29-25)20-26(34)33(19-24)16-13-22-9-6-5-7-10-22/h5-12,14-15,24H,3-4,13,16-21H2,1-2H3. The largest absolute Gasteiger partial charge is 0.365 e. The monoisotopic (exact) mass is 489 g/mol. The van der Waals surface area contributed by atoms with Crippen LogP contribution in [0.4, 0.5) is 0 Å². The Morgan fingerprint density at radius 3 is 2.58 bits per heavy atom. The van der Waals surface area contributed by atoms with Gasteiger partial charge in [-0.3, -0.25) is 24.5 Å². The van der Waals surface area contributed by atoms with Crippen LogP contribution in [0.2, 0.25) is 0 Å². The highest BCUT2D eigenvalue weighted by Crippen LogP contribution is 2.18. The van der Waals surface area contributed by atoms with Gasteiger partial charge in [0.1, 0.15) is 6.61 Å². The van der Waals surface area contributed by atoms with Crippen molar-refractivity contribution in [3.05, 3.63) is 72.1 Å². The molecule has 0 N–H and O–H groups in total. The number of benzene rings is 2. The van der Waals surface area contributed by atoms with E-state index < -0.39 is 0 Å². The number of aromatic nitrogens is 2. The minimum atomic E-state index is -0.271. The van der Waals surface area contributed by atoms with Gasteiger partial charge in [0.25, 0.3) is 0 Å². The lowest BCUT2D eigenvalue weighted by atomic mass is 10.1. The van der Waals surface area contributed by atoms with Crippen LogP contribution in [0.15, 0.2) is 60.9 Å². The fraction of sp³-hybridized carbons (Fsp3) is 0.429. The Hall–Kier alpha value is -3.36. The lowest BCUT2D eigenvalue weighted by Crippen LogP contribution is -2.41. The Morgan fingerprint density at radius 1 is 1.03 bits per heavy atom. The summed E-state index contributed by atoms with van der Waals surface area (Å²) in [5, 5.41) is 0. The van der Waals surface area contributed by atoms with E-state index in [1.54, 1.807) is 17.3 Å². The second-order valence-corrected chi connectivity index (χ2v) is 9.09. The minimum absolute atomic E-state index is 0.0145. The number of hydrogen-bond acceptors (Lipinski definition) is 6. The Labute approximate surface area is 212 Å². The third-order valence-corrected chi connectivity index (χ3v) is 6.65. The first-order valence-corrected chi connectivity index (χ1v) is 12.7. The van der Waals surface area contributed by atoms with Crippen LogP contribution in [0.25, 0.3) is 11.0 Å². The van der Waals surface area contributed by atoms with Crippen LogP contribution in [-0.4, -0.2) is 88.5 Å². The molecule has 2 heterocycles. The maximum Gasteiger partial charge on any atom is 0.248 e. The van der Waals surface area contributed by atoms with E-state index in [0.29, 0.717) is 39.3 Å². The summed E-state index contributed by atoms with van der Waals surface area (Å²) in [5.41, 5.74) is 3.88. The van der Waals surface area contributed by atoms with Crippen molar-refractivity contribution in [1.82, 2.24) is 24.7 Å². The predicted octanol–water partition coefficient (Wildman–Crippen LogP) is 2.77. The number of amides is 2. The second-order valence-electron chi connectivity index (χ2n) is 9.09. The summed E-state index contributed by atoms with van der Waals surface area (Å²) in [4.78, 5) is 40.6. The quantitative estimate of drug-likeness (QED) is 0.436. The number of likely N-dealkylation sites (N-methyl/N-ethyl adjacent to an activating group) is 1. The third-order valence-electron chi connectivity index (χ3n) is 6.65. The normalized spacial score (nSPS) is 16.8. The van der Waals surface area contributed by atoms with Crippen molar-refractivity contribution in [2.75, 3.05) is 45.9 Å². The van der Waals surface area contributed by atoms with Crippen molar-refractivity contribution in [3.8, 4) is 0 Å². The molecule has 1 aliphatic rings. The Balaban J connectivity index is 1.50. The molecule has 1 aromatic heterocycles. The maximum atomic E-state index is 13.3. The predicted molar refractivity (Wildman–Crippen MR) is 139 cm³/mol. The minimum Gasteiger partial charge on any atom is -0.365 e. The number of rotatable bonds is 10. The van der Waals surface area contributed by atoms with Gasteiger partial charge in [0.05, 0.1) is 23.7 Å².